The van der Waals surface area contributed by atoms with Crippen molar-refractivity contribution in [2.45, 2.75) is 63.9 Å². The van der Waals surface area contributed by atoms with Gasteiger partial charge in [0.2, 0.25) is 0 Å². The number of hydrogen-bond donors (Lipinski definition) is 2. The van der Waals surface area contributed by atoms with Crippen LogP contribution in [-0.2, 0) is 17.6 Å². The Morgan fingerprint density at radius 1 is 1.14 bits per heavy atom. The molecule has 1 unspecified atom stereocenters. The molecule has 0 bridgehead atoms. The monoisotopic (exact) mass is 414 g/mol. The molecule has 0 spiro atoms. The van der Waals surface area contributed by atoms with Crippen LogP contribution in [0.15, 0.2) is 0 Å². The number of nitrogens with zero attached hydrogens (tertiary/aromatic N) is 2. The van der Waals surface area contributed by atoms with Gasteiger partial charge in [-0.1, -0.05) is 0 Å². The normalized spacial score (nSPS) is 22.1. The molecule has 7 heteroatoms. The molecule has 2 saturated heterocycles. The van der Waals surface area contributed by atoms with Crippen molar-refractivity contribution >= 4 is 39.0 Å². The maximum Gasteiger partial charge on any atom is 0.263 e. The average molecular weight is 415 g/mol. The first-order valence-corrected chi connectivity index (χ1v) is 11.9. The Balaban J connectivity index is 1.50. The number of fused-ring (bicyclic) bond motifs is 3. The summed E-state index contributed by atoms with van der Waals surface area (Å²) in [5, 5.41) is 4.06. The number of nitrogens with one attached hydrogen (secondary N) is 1. The summed E-state index contributed by atoms with van der Waals surface area (Å²) in [7, 11) is 0. The highest BCUT2D eigenvalue weighted by molar-refractivity contribution is 7.21. The van der Waals surface area contributed by atoms with E-state index >= 15 is 0 Å². The van der Waals surface area contributed by atoms with Crippen molar-refractivity contribution in [2.24, 2.45) is 0 Å². The van der Waals surface area contributed by atoms with E-state index in [1.807, 2.05) is 0 Å². The molecule has 156 valence electrons. The quantitative estimate of drug-likeness (QED) is 0.798. The number of thiophene rings is 1. The van der Waals surface area contributed by atoms with E-state index in [4.69, 9.17) is 15.5 Å². The van der Waals surface area contributed by atoms with Crippen LogP contribution < -0.4 is 16.0 Å². The Morgan fingerprint density at radius 2 is 1.93 bits per heavy atom. The van der Waals surface area contributed by atoms with E-state index in [0.29, 0.717) is 17.1 Å². The Morgan fingerprint density at radius 3 is 2.69 bits per heavy atom. The summed E-state index contributed by atoms with van der Waals surface area (Å²) >= 11 is 1.45. The Kier molecular flexibility index (Phi) is 5.35. The highest BCUT2D eigenvalue weighted by atomic mass is 32.1. The number of carbonyl (C=O) groups is 1. The van der Waals surface area contributed by atoms with Crippen LogP contribution in [0.25, 0.3) is 10.2 Å². The first-order valence-electron chi connectivity index (χ1n) is 11.1. The first-order chi connectivity index (χ1) is 14.2. The van der Waals surface area contributed by atoms with Crippen LogP contribution in [0.2, 0.25) is 0 Å². The van der Waals surface area contributed by atoms with Gasteiger partial charge in [0.1, 0.15) is 15.5 Å². The summed E-state index contributed by atoms with van der Waals surface area (Å²) in [5.74, 6) is 1.06. The van der Waals surface area contributed by atoms with Gasteiger partial charge in [0.15, 0.2) is 0 Å². The van der Waals surface area contributed by atoms with Crippen LogP contribution in [0.1, 0.15) is 65.7 Å². The summed E-state index contributed by atoms with van der Waals surface area (Å²) in [5.41, 5.74) is 9.88. The van der Waals surface area contributed by atoms with Gasteiger partial charge in [0, 0.05) is 31.6 Å². The fourth-order valence-electron chi connectivity index (χ4n) is 5.02. The van der Waals surface area contributed by atoms with E-state index in [0.717, 1.165) is 61.4 Å². The van der Waals surface area contributed by atoms with Gasteiger partial charge in [-0.15, -0.1) is 11.3 Å². The van der Waals surface area contributed by atoms with Gasteiger partial charge in [0.05, 0.1) is 11.8 Å². The van der Waals surface area contributed by atoms with E-state index in [9.17, 15) is 4.79 Å². The smallest absolute Gasteiger partial charge is 0.263 e. The van der Waals surface area contributed by atoms with E-state index in [-0.39, 0.29) is 12.0 Å². The number of piperidine rings is 1. The Hall–Kier alpha value is -1.86. The number of nitrogen functional groups attached to an aromatic ring is 1. The largest absolute Gasteiger partial charge is 0.397 e. The maximum atomic E-state index is 12.9. The lowest BCUT2D eigenvalue weighted by Crippen LogP contribution is -2.31. The van der Waals surface area contributed by atoms with Gasteiger partial charge < -0.3 is 20.7 Å². The number of hydrogen-bond acceptors (Lipinski definition) is 6. The summed E-state index contributed by atoms with van der Waals surface area (Å²) < 4.78 is 5.63. The lowest BCUT2D eigenvalue weighted by molar-refractivity contribution is 0.0862. The molecule has 5 rings (SSSR count). The van der Waals surface area contributed by atoms with Crippen LogP contribution >= 0.6 is 11.3 Å². The molecule has 2 aromatic heterocycles. The molecule has 2 aliphatic heterocycles. The molecule has 1 atom stereocenters. The van der Waals surface area contributed by atoms with E-state index in [2.05, 4.69) is 10.2 Å². The highest BCUT2D eigenvalue weighted by Gasteiger charge is 2.28. The van der Waals surface area contributed by atoms with Gasteiger partial charge in [-0.2, -0.15) is 0 Å². The average Bonchev–Trinajstić information content (AvgIpc) is 3.40. The lowest BCUT2D eigenvalue weighted by atomic mass is 9.89. The standard InChI is InChI=1S/C22H30N4O2S/c23-18-17-15-8-2-3-9-16(15)20(26-10-4-1-5-11-26)25-22(17)29-19(18)21(27)24-13-14-7-6-12-28-14/h14H,1-13,23H2,(H,24,27). The van der Waals surface area contributed by atoms with Crippen LogP contribution in [0.3, 0.4) is 0 Å². The molecule has 0 aromatic carbocycles. The third-order valence-electron chi connectivity index (χ3n) is 6.55. The van der Waals surface area contributed by atoms with E-state index in [1.165, 1.54) is 54.6 Å². The van der Waals surface area contributed by atoms with Crippen molar-refractivity contribution in [3.05, 3.63) is 16.0 Å². The fourth-order valence-corrected chi connectivity index (χ4v) is 6.06. The van der Waals surface area contributed by atoms with Gasteiger partial charge in [-0.05, 0) is 68.9 Å². The number of amides is 1. The molecule has 0 saturated carbocycles. The van der Waals surface area contributed by atoms with Crippen molar-refractivity contribution in [1.82, 2.24) is 10.3 Å². The minimum Gasteiger partial charge on any atom is -0.397 e. The molecular formula is C22H30N4O2S. The number of aromatic nitrogens is 1. The Bertz CT molecular complexity index is 913. The number of nitrogens with two attached hydrogens (primary N) is 1. The third-order valence-corrected chi connectivity index (χ3v) is 7.65. The predicted octanol–water partition coefficient (Wildman–Crippen LogP) is 3.66. The Labute approximate surface area is 175 Å². The van der Waals surface area contributed by atoms with Crippen molar-refractivity contribution in [3.8, 4) is 0 Å². The topological polar surface area (TPSA) is 80.5 Å². The van der Waals surface area contributed by atoms with Gasteiger partial charge in [-0.3, -0.25) is 4.79 Å². The minimum atomic E-state index is -0.0925. The van der Waals surface area contributed by atoms with Crippen LogP contribution in [0, 0.1) is 0 Å². The molecule has 0 radical (unpaired) electrons. The van der Waals surface area contributed by atoms with Gasteiger partial charge in [0.25, 0.3) is 5.91 Å². The van der Waals surface area contributed by atoms with Crippen LogP contribution in [0.5, 0.6) is 0 Å². The minimum absolute atomic E-state index is 0.0925. The second kappa shape index (κ2) is 8.11. The molecule has 6 nitrogen and oxygen atoms in total. The van der Waals surface area contributed by atoms with Gasteiger partial charge in [-0.25, -0.2) is 4.98 Å². The molecular weight excluding hydrogens is 384 g/mol. The van der Waals surface area contributed by atoms with Crippen molar-refractivity contribution in [2.75, 3.05) is 36.9 Å². The van der Waals surface area contributed by atoms with Crippen LogP contribution in [0.4, 0.5) is 11.5 Å². The third kappa shape index (κ3) is 3.59. The highest BCUT2D eigenvalue weighted by Crippen LogP contribution is 2.42. The number of anilines is 2. The molecule has 3 aliphatic rings. The first kappa shape index (κ1) is 19.1. The fraction of sp³-hybridized carbons (Fsp3) is 0.636. The molecule has 1 amide bonds. The number of aryl methyl sites for hydroxylation is 1. The number of ether oxygens (including phenoxy) is 1. The van der Waals surface area contributed by atoms with Crippen LogP contribution in [-0.4, -0.2) is 43.2 Å². The lowest BCUT2D eigenvalue weighted by Gasteiger charge is -2.31. The maximum absolute atomic E-state index is 12.9. The second-order valence-corrected chi connectivity index (χ2v) is 9.52. The van der Waals surface area contributed by atoms with Gasteiger partial charge >= 0.3 is 0 Å². The van der Waals surface area contributed by atoms with E-state index < -0.39 is 0 Å². The molecule has 3 N–H and O–H groups in total. The number of carbonyl (C=O) groups excluding carboxylic acids is 1. The zero-order valence-corrected chi connectivity index (χ0v) is 17.8. The molecule has 29 heavy (non-hydrogen) atoms. The summed E-state index contributed by atoms with van der Waals surface area (Å²) in [6.07, 6.45) is 10.5. The van der Waals surface area contributed by atoms with Crippen molar-refractivity contribution in [3.63, 3.8) is 0 Å². The van der Waals surface area contributed by atoms with E-state index in [1.54, 1.807) is 0 Å². The number of rotatable bonds is 4. The summed E-state index contributed by atoms with van der Waals surface area (Å²) in [4.78, 5) is 21.9. The van der Waals surface area contributed by atoms with Crippen molar-refractivity contribution in [1.29, 1.82) is 0 Å². The SMILES string of the molecule is Nc1c(C(=O)NCC2CCCO2)sc2nc(N3CCCCC3)c3c(c12)CCCC3. The zero-order valence-electron chi connectivity index (χ0n) is 17.0. The summed E-state index contributed by atoms with van der Waals surface area (Å²) in [6.45, 7) is 3.51. The summed E-state index contributed by atoms with van der Waals surface area (Å²) in [6, 6.07) is 0. The molecule has 2 aromatic rings. The predicted molar refractivity (Wildman–Crippen MR) is 118 cm³/mol. The molecule has 2 fully saturated rings. The molecule has 1 aliphatic carbocycles. The van der Waals surface area contributed by atoms with Crippen molar-refractivity contribution < 1.29 is 9.53 Å². The number of pyridine rings is 1. The second-order valence-electron chi connectivity index (χ2n) is 8.52. The molecule has 4 heterocycles. The zero-order chi connectivity index (χ0) is 19.8.